The van der Waals surface area contributed by atoms with Crippen LogP contribution in [0.4, 0.5) is 10.7 Å². The Morgan fingerprint density at radius 3 is 2.47 bits per heavy atom. The topological polar surface area (TPSA) is 92.5 Å². The lowest BCUT2D eigenvalue weighted by Crippen LogP contribution is -2.09. The average Bonchev–Trinajstić information content (AvgIpc) is 3.32. The molecule has 0 saturated carbocycles. The van der Waals surface area contributed by atoms with Gasteiger partial charge in [-0.1, -0.05) is 48.5 Å². The summed E-state index contributed by atoms with van der Waals surface area (Å²) in [6, 6.07) is 19.1. The van der Waals surface area contributed by atoms with Gasteiger partial charge in [0.2, 0.25) is 5.90 Å². The Bertz CT molecular complexity index is 1210. The van der Waals surface area contributed by atoms with Crippen LogP contribution < -0.4 is 5.32 Å². The molecule has 2 aromatic carbocycles. The summed E-state index contributed by atoms with van der Waals surface area (Å²) in [6.45, 7) is 2.15. The molecule has 3 aromatic rings. The summed E-state index contributed by atoms with van der Waals surface area (Å²) in [5, 5.41) is 22.7. The number of rotatable bonds is 6. The number of aromatic hydroxyl groups is 1. The van der Waals surface area contributed by atoms with Gasteiger partial charge >= 0.3 is 5.97 Å². The number of esters is 1. The first-order valence-corrected chi connectivity index (χ1v) is 10.7. The molecule has 162 valence electrons. The minimum Gasteiger partial charge on any atom is -0.505 e. The Balaban J connectivity index is 1.65. The van der Waals surface area contributed by atoms with Crippen LogP contribution >= 0.6 is 11.3 Å². The first kappa shape index (κ1) is 21.3. The summed E-state index contributed by atoms with van der Waals surface area (Å²) < 4.78 is 10.8. The molecule has 8 heteroatoms. The van der Waals surface area contributed by atoms with Crippen molar-refractivity contribution in [2.45, 2.75) is 13.5 Å². The van der Waals surface area contributed by atoms with E-state index < -0.39 is 5.97 Å². The second-order valence-electron chi connectivity index (χ2n) is 6.92. The molecule has 1 aliphatic heterocycles. The first-order valence-electron chi connectivity index (χ1n) is 9.84. The van der Waals surface area contributed by atoms with Gasteiger partial charge in [0.05, 0.1) is 23.3 Å². The zero-order valence-electron chi connectivity index (χ0n) is 17.5. The summed E-state index contributed by atoms with van der Waals surface area (Å²) >= 11 is 1.23. The number of carbonyl (C=O) groups is 1. The van der Waals surface area contributed by atoms with Gasteiger partial charge in [0, 0.05) is 5.69 Å². The molecule has 4 rings (SSSR count). The third-order valence-corrected chi connectivity index (χ3v) is 5.78. The third-order valence-electron chi connectivity index (χ3n) is 4.74. The van der Waals surface area contributed by atoms with Crippen molar-refractivity contribution in [3.63, 3.8) is 0 Å². The van der Waals surface area contributed by atoms with Crippen LogP contribution in [0.25, 0.3) is 6.08 Å². The first-order chi connectivity index (χ1) is 15.6. The van der Waals surface area contributed by atoms with E-state index in [-0.39, 0.29) is 11.3 Å². The van der Waals surface area contributed by atoms with Crippen molar-refractivity contribution in [3.05, 3.63) is 82.2 Å². The smallest absolute Gasteiger partial charge is 0.344 e. The quantitative estimate of drug-likeness (QED) is 0.496. The number of methoxy groups -OCH3 is 1. The lowest BCUT2D eigenvalue weighted by molar-refractivity contribution is 0.0599. The maximum atomic E-state index is 12.4. The summed E-state index contributed by atoms with van der Waals surface area (Å²) in [5.74, 6) is -0.445. The SMILES string of the molecule is COC(=O)c1c(Nc2ccccc2)sc(/C=C2\C(C)=NN=C2OCc2ccccc2)c1O. The standard InChI is InChI=1S/C24H21N3O4S/c1-15-18(22(27-26-15)31-14-16-9-5-3-6-10-16)13-19-21(28)20(24(29)30-2)23(32-19)25-17-11-7-4-8-12-17/h3-13,25,28H,14H2,1-2H3/b18-13+. The number of thiophene rings is 1. The van der Waals surface area contributed by atoms with Crippen LogP contribution in [0.1, 0.15) is 27.7 Å². The number of anilines is 2. The zero-order valence-corrected chi connectivity index (χ0v) is 18.3. The van der Waals surface area contributed by atoms with Crippen molar-refractivity contribution in [3.8, 4) is 5.75 Å². The van der Waals surface area contributed by atoms with Gasteiger partial charge in [0.1, 0.15) is 22.9 Å². The number of hydrogen-bond acceptors (Lipinski definition) is 8. The molecule has 2 N–H and O–H groups in total. The Kier molecular flexibility index (Phi) is 6.32. The third kappa shape index (κ3) is 4.55. The molecule has 7 nitrogen and oxygen atoms in total. The number of nitrogens with zero attached hydrogens (tertiary/aromatic N) is 2. The summed E-state index contributed by atoms with van der Waals surface area (Å²) in [6.07, 6.45) is 1.72. The lowest BCUT2D eigenvalue weighted by atomic mass is 10.1. The Morgan fingerprint density at radius 1 is 1.09 bits per heavy atom. The number of hydrogen-bond donors (Lipinski definition) is 2. The molecule has 0 fully saturated rings. The van der Waals surface area contributed by atoms with Crippen LogP contribution in [0.5, 0.6) is 5.75 Å². The second-order valence-corrected chi connectivity index (χ2v) is 7.98. The molecule has 0 unspecified atom stereocenters. The molecule has 2 heterocycles. The van der Waals surface area contributed by atoms with Crippen LogP contribution in [0.2, 0.25) is 0 Å². The van der Waals surface area contributed by atoms with Gasteiger partial charge in [-0.15, -0.1) is 16.4 Å². The van der Waals surface area contributed by atoms with Gasteiger partial charge < -0.3 is 19.9 Å². The normalized spacial score (nSPS) is 14.1. The Hall–Kier alpha value is -3.91. The molecule has 32 heavy (non-hydrogen) atoms. The molecule has 0 bridgehead atoms. The van der Waals surface area contributed by atoms with Gasteiger partial charge in [-0.25, -0.2) is 4.79 Å². The second kappa shape index (κ2) is 9.49. The fourth-order valence-corrected chi connectivity index (χ4v) is 4.13. The van der Waals surface area contributed by atoms with Gasteiger partial charge in [0.25, 0.3) is 0 Å². The maximum Gasteiger partial charge on any atom is 0.344 e. The number of carbonyl (C=O) groups excluding carboxylic acids is 1. The minimum absolute atomic E-state index is 0.0736. The molecule has 0 amide bonds. The van der Waals surface area contributed by atoms with E-state index >= 15 is 0 Å². The number of nitrogens with one attached hydrogen (secondary N) is 1. The molecule has 1 aromatic heterocycles. The van der Waals surface area contributed by atoms with Crippen molar-refractivity contribution in [2.75, 3.05) is 12.4 Å². The number of para-hydroxylation sites is 1. The molecule has 0 aliphatic carbocycles. The van der Waals surface area contributed by atoms with Crippen molar-refractivity contribution in [2.24, 2.45) is 10.2 Å². The van der Waals surface area contributed by atoms with Gasteiger partial charge in [-0.3, -0.25) is 0 Å². The summed E-state index contributed by atoms with van der Waals surface area (Å²) in [5.41, 5.74) is 3.15. The fraction of sp³-hybridized carbons (Fsp3) is 0.125. The van der Waals surface area contributed by atoms with Crippen molar-refractivity contribution in [1.82, 2.24) is 0 Å². The predicted octanol–water partition coefficient (Wildman–Crippen LogP) is 5.37. The Morgan fingerprint density at radius 2 is 1.78 bits per heavy atom. The van der Waals surface area contributed by atoms with Crippen LogP contribution in [0, 0.1) is 0 Å². The van der Waals surface area contributed by atoms with E-state index in [2.05, 4.69) is 15.5 Å². The van der Waals surface area contributed by atoms with Crippen LogP contribution in [-0.2, 0) is 16.1 Å². The van der Waals surface area contributed by atoms with Crippen molar-refractivity contribution in [1.29, 1.82) is 0 Å². The number of ether oxygens (including phenoxy) is 2. The van der Waals surface area contributed by atoms with Crippen molar-refractivity contribution >= 4 is 45.7 Å². The average molecular weight is 448 g/mol. The highest BCUT2D eigenvalue weighted by atomic mass is 32.1. The molecule has 0 radical (unpaired) electrons. The van der Waals surface area contributed by atoms with E-state index in [9.17, 15) is 9.90 Å². The largest absolute Gasteiger partial charge is 0.505 e. The molecule has 0 atom stereocenters. The van der Waals surface area contributed by atoms with E-state index in [1.165, 1.54) is 18.4 Å². The summed E-state index contributed by atoms with van der Waals surface area (Å²) in [4.78, 5) is 12.8. The van der Waals surface area contributed by atoms with E-state index in [0.717, 1.165) is 11.3 Å². The Labute approximate surface area is 189 Å². The maximum absolute atomic E-state index is 12.4. The highest BCUT2D eigenvalue weighted by Crippen LogP contribution is 2.42. The highest BCUT2D eigenvalue weighted by molar-refractivity contribution is 7.18. The van der Waals surface area contributed by atoms with E-state index in [1.54, 1.807) is 6.08 Å². The van der Waals surface area contributed by atoms with Crippen LogP contribution in [0.15, 0.2) is 76.4 Å². The molecule has 0 spiro atoms. The molecule has 1 aliphatic rings. The van der Waals surface area contributed by atoms with E-state index in [1.807, 2.05) is 67.6 Å². The zero-order chi connectivity index (χ0) is 22.5. The lowest BCUT2D eigenvalue weighted by Gasteiger charge is -2.07. The highest BCUT2D eigenvalue weighted by Gasteiger charge is 2.26. The van der Waals surface area contributed by atoms with E-state index in [4.69, 9.17) is 9.47 Å². The van der Waals surface area contributed by atoms with Gasteiger partial charge in [-0.2, -0.15) is 5.10 Å². The molecule has 0 saturated heterocycles. The predicted molar refractivity (Wildman–Crippen MR) is 127 cm³/mol. The number of benzene rings is 2. The van der Waals surface area contributed by atoms with Crippen LogP contribution in [-0.4, -0.2) is 29.8 Å². The molecular weight excluding hydrogens is 426 g/mol. The van der Waals surface area contributed by atoms with Gasteiger partial charge in [-0.05, 0) is 30.7 Å². The van der Waals surface area contributed by atoms with Crippen LogP contribution in [0.3, 0.4) is 0 Å². The fourth-order valence-electron chi connectivity index (χ4n) is 3.08. The van der Waals surface area contributed by atoms with E-state index in [0.29, 0.717) is 33.7 Å². The minimum atomic E-state index is -0.632. The summed E-state index contributed by atoms with van der Waals surface area (Å²) in [7, 11) is 1.28. The van der Waals surface area contributed by atoms with Crippen molar-refractivity contribution < 1.29 is 19.4 Å². The van der Waals surface area contributed by atoms with Gasteiger partial charge in [0.15, 0.2) is 0 Å². The molecular formula is C24H21N3O4S. The monoisotopic (exact) mass is 447 g/mol.